The van der Waals surface area contributed by atoms with Crippen LogP contribution in [0.3, 0.4) is 0 Å². The molecule has 0 spiro atoms. The van der Waals surface area contributed by atoms with E-state index < -0.39 is 5.60 Å². The predicted molar refractivity (Wildman–Crippen MR) is 115 cm³/mol. The first-order chi connectivity index (χ1) is 14.3. The topological polar surface area (TPSA) is 90.4 Å². The van der Waals surface area contributed by atoms with E-state index in [1.807, 2.05) is 20.8 Å². The molecule has 7 nitrogen and oxygen atoms in total. The van der Waals surface area contributed by atoms with Crippen LogP contribution in [0.5, 0.6) is 5.88 Å². The number of aryl methyl sites for hydroxylation is 1. The lowest BCUT2D eigenvalue weighted by Gasteiger charge is -2.30. The number of hydrogen-bond donors (Lipinski definition) is 1. The molecule has 2 heterocycles. The molecule has 1 saturated carbocycles. The summed E-state index contributed by atoms with van der Waals surface area (Å²) >= 11 is 1.70. The number of carbonyl (C=O) groups excluding carboxylic acids is 2. The number of fused-ring (bicyclic) bond motifs is 3. The third kappa shape index (κ3) is 4.58. The fraction of sp³-hybridized carbons (Fsp3) is 0.636. The summed E-state index contributed by atoms with van der Waals surface area (Å²) in [5, 5.41) is 3.96. The molecule has 2 aliphatic rings. The zero-order valence-electron chi connectivity index (χ0n) is 17.8. The van der Waals surface area contributed by atoms with Crippen molar-refractivity contribution < 1.29 is 19.1 Å². The summed E-state index contributed by atoms with van der Waals surface area (Å²) in [4.78, 5) is 34.3. The zero-order chi connectivity index (χ0) is 21.3. The van der Waals surface area contributed by atoms with Gasteiger partial charge in [0.05, 0.1) is 5.39 Å². The molecular formula is C22H29N3O4S. The molecule has 2 aromatic rings. The molecule has 0 aromatic carbocycles. The molecule has 0 radical (unpaired) electrons. The van der Waals surface area contributed by atoms with Gasteiger partial charge in [-0.2, -0.15) is 0 Å². The van der Waals surface area contributed by atoms with E-state index >= 15 is 0 Å². The van der Waals surface area contributed by atoms with Crippen molar-refractivity contribution in [1.29, 1.82) is 0 Å². The Morgan fingerprint density at radius 2 is 2.00 bits per heavy atom. The molecule has 0 saturated heterocycles. The summed E-state index contributed by atoms with van der Waals surface area (Å²) in [6, 6.07) is 0.104. The van der Waals surface area contributed by atoms with Crippen LogP contribution in [-0.2, 0) is 16.0 Å². The quantitative estimate of drug-likeness (QED) is 0.700. The standard InChI is InChI=1S/C22H29N3O4S/c1-22(2,3)29-21(27)25-14-5-7-15(8-6-14)28-19-18-17-13(10-11-26)4-9-16(17)30-20(18)24-12-23-19/h11-15H,4-10H2,1-3H3,(H,25,27)/t13-,14-,15-/m1/s1. The number of aldehydes is 1. The molecule has 162 valence electrons. The Hall–Kier alpha value is -2.22. The lowest BCUT2D eigenvalue weighted by atomic mass is 9.93. The lowest BCUT2D eigenvalue weighted by Crippen LogP contribution is -2.42. The maximum Gasteiger partial charge on any atom is 0.407 e. The van der Waals surface area contributed by atoms with Crippen molar-refractivity contribution in [1.82, 2.24) is 15.3 Å². The molecule has 0 bridgehead atoms. The van der Waals surface area contributed by atoms with E-state index in [-0.39, 0.29) is 24.2 Å². The number of rotatable bonds is 5. The van der Waals surface area contributed by atoms with Crippen molar-refractivity contribution in [2.75, 3.05) is 0 Å². The average Bonchev–Trinajstić information content (AvgIpc) is 3.22. The fourth-order valence-corrected chi connectivity index (χ4v) is 5.67. The molecule has 0 aliphatic heterocycles. The van der Waals surface area contributed by atoms with E-state index in [0.29, 0.717) is 12.3 Å². The summed E-state index contributed by atoms with van der Waals surface area (Å²) in [5.41, 5.74) is 0.726. The minimum Gasteiger partial charge on any atom is -0.474 e. The minimum atomic E-state index is -0.495. The number of nitrogens with one attached hydrogen (secondary N) is 1. The number of alkyl carbamates (subject to hydrolysis) is 1. The highest BCUT2D eigenvalue weighted by atomic mass is 32.1. The number of carbonyl (C=O) groups is 2. The highest BCUT2D eigenvalue weighted by molar-refractivity contribution is 7.19. The first-order valence-electron chi connectivity index (χ1n) is 10.7. The molecular weight excluding hydrogens is 402 g/mol. The number of amides is 1. The summed E-state index contributed by atoms with van der Waals surface area (Å²) < 4.78 is 11.7. The van der Waals surface area contributed by atoms with Crippen molar-refractivity contribution >= 4 is 33.9 Å². The molecule has 2 aromatic heterocycles. The smallest absolute Gasteiger partial charge is 0.407 e. The van der Waals surface area contributed by atoms with Gasteiger partial charge in [0, 0.05) is 17.3 Å². The molecule has 4 rings (SSSR count). The Morgan fingerprint density at radius 1 is 1.23 bits per heavy atom. The molecule has 0 unspecified atom stereocenters. The van der Waals surface area contributed by atoms with Crippen molar-refractivity contribution in [3.05, 3.63) is 16.8 Å². The predicted octanol–water partition coefficient (Wildman–Crippen LogP) is 4.52. The minimum absolute atomic E-state index is 0.0567. The Bertz CT molecular complexity index is 928. The Balaban J connectivity index is 1.41. The normalized spacial score (nSPS) is 23.8. The van der Waals surface area contributed by atoms with Gasteiger partial charge in [-0.15, -0.1) is 11.3 Å². The van der Waals surface area contributed by atoms with Gasteiger partial charge in [0.25, 0.3) is 0 Å². The number of nitrogens with zero attached hydrogens (tertiary/aromatic N) is 2. The van der Waals surface area contributed by atoms with Gasteiger partial charge in [-0.25, -0.2) is 14.8 Å². The van der Waals surface area contributed by atoms with E-state index in [1.165, 1.54) is 10.4 Å². The van der Waals surface area contributed by atoms with Crippen molar-refractivity contribution in [3.63, 3.8) is 0 Å². The molecule has 1 N–H and O–H groups in total. The van der Waals surface area contributed by atoms with Gasteiger partial charge < -0.3 is 19.6 Å². The van der Waals surface area contributed by atoms with Crippen LogP contribution in [0.4, 0.5) is 4.79 Å². The average molecular weight is 432 g/mol. The number of hydrogen-bond acceptors (Lipinski definition) is 7. The van der Waals surface area contributed by atoms with E-state index in [2.05, 4.69) is 15.3 Å². The summed E-state index contributed by atoms with van der Waals surface area (Å²) in [6.45, 7) is 5.59. The highest BCUT2D eigenvalue weighted by Gasteiger charge is 2.31. The van der Waals surface area contributed by atoms with Gasteiger partial charge in [-0.3, -0.25) is 0 Å². The van der Waals surface area contributed by atoms with Gasteiger partial charge >= 0.3 is 6.09 Å². The number of ether oxygens (including phenoxy) is 2. The second kappa shape index (κ2) is 8.49. The molecule has 8 heteroatoms. The van der Waals surface area contributed by atoms with Crippen molar-refractivity contribution in [2.45, 2.75) is 89.4 Å². The van der Waals surface area contributed by atoms with E-state index in [4.69, 9.17) is 9.47 Å². The van der Waals surface area contributed by atoms with Crippen molar-refractivity contribution in [3.8, 4) is 5.88 Å². The molecule has 1 atom stereocenters. The highest BCUT2D eigenvalue weighted by Crippen LogP contribution is 2.47. The fourth-order valence-electron chi connectivity index (χ4n) is 4.44. The van der Waals surface area contributed by atoms with Gasteiger partial charge in [-0.1, -0.05) is 0 Å². The SMILES string of the molecule is CC(C)(C)OC(=O)N[C@H]1CC[C@H](Oc2ncnc3sc4c(c23)[C@@H](CC=O)CC4)CC1. The largest absolute Gasteiger partial charge is 0.474 e. The second-order valence-corrected chi connectivity index (χ2v) is 10.3. The second-order valence-electron chi connectivity index (χ2n) is 9.17. The van der Waals surface area contributed by atoms with E-state index in [9.17, 15) is 9.59 Å². The van der Waals surface area contributed by atoms with Gasteiger partial charge in [0.15, 0.2) is 0 Å². The number of aromatic nitrogens is 2. The van der Waals surface area contributed by atoms with Crippen LogP contribution < -0.4 is 10.1 Å². The maximum atomic E-state index is 12.0. The molecule has 1 amide bonds. The van der Waals surface area contributed by atoms with E-state index in [0.717, 1.165) is 55.0 Å². The molecule has 30 heavy (non-hydrogen) atoms. The van der Waals surface area contributed by atoms with Crippen LogP contribution >= 0.6 is 11.3 Å². The van der Waals surface area contributed by atoms with Crippen LogP contribution in [0.15, 0.2) is 6.33 Å². The van der Waals surface area contributed by atoms with Crippen molar-refractivity contribution in [2.24, 2.45) is 0 Å². The summed E-state index contributed by atoms with van der Waals surface area (Å²) in [7, 11) is 0. The summed E-state index contributed by atoms with van der Waals surface area (Å²) in [5.74, 6) is 0.882. The summed E-state index contributed by atoms with van der Waals surface area (Å²) in [6.07, 6.45) is 8.17. The van der Waals surface area contributed by atoms with Crippen LogP contribution in [0.2, 0.25) is 0 Å². The van der Waals surface area contributed by atoms with Crippen LogP contribution in [0.25, 0.3) is 10.2 Å². The third-order valence-electron chi connectivity index (χ3n) is 5.75. The monoisotopic (exact) mass is 431 g/mol. The first-order valence-corrected chi connectivity index (χ1v) is 11.5. The van der Waals surface area contributed by atoms with Crippen LogP contribution in [0.1, 0.15) is 75.7 Å². The third-order valence-corrected chi connectivity index (χ3v) is 6.92. The van der Waals surface area contributed by atoms with Crippen LogP contribution in [-0.4, -0.2) is 40.1 Å². The number of thiophene rings is 1. The molecule has 1 fully saturated rings. The maximum absolute atomic E-state index is 12.0. The zero-order valence-corrected chi connectivity index (χ0v) is 18.6. The van der Waals surface area contributed by atoms with Gasteiger partial charge in [-0.05, 0) is 70.8 Å². The Kier molecular flexibility index (Phi) is 5.95. The van der Waals surface area contributed by atoms with Gasteiger partial charge in [0.2, 0.25) is 5.88 Å². The van der Waals surface area contributed by atoms with Gasteiger partial charge in [0.1, 0.15) is 29.1 Å². The van der Waals surface area contributed by atoms with Crippen LogP contribution in [0, 0.1) is 0 Å². The Morgan fingerprint density at radius 3 is 2.70 bits per heavy atom. The lowest BCUT2D eigenvalue weighted by molar-refractivity contribution is -0.108. The Labute approximate surface area is 180 Å². The molecule has 2 aliphatic carbocycles. The first kappa shape index (κ1) is 21.0. The van der Waals surface area contributed by atoms with E-state index in [1.54, 1.807) is 17.7 Å².